The van der Waals surface area contributed by atoms with Crippen molar-refractivity contribution in [3.63, 3.8) is 0 Å². The summed E-state index contributed by atoms with van der Waals surface area (Å²) in [7, 11) is 1.84. The first kappa shape index (κ1) is 17.9. The molecule has 1 aromatic heterocycles. The molecule has 1 aliphatic carbocycles. The van der Waals surface area contributed by atoms with Gasteiger partial charge in [0.2, 0.25) is 0 Å². The smallest absolute Gasteiger partial charge is 0.191 e. The Hall–Kier alpha value is -1.88. The van der Waals surface area contributed by atoms with Gasteiger partial charge in [-0.1, -0.05) is 37.3 Å². The summed E-state index contributed by atoms with van der Waals surface area (Å²) in [5.74, 6) is 1.59. The molecule has 1 heterocycles. The van der Waals surface area contributed by atoms with Crippen LogP contribution in [-0.4, -0.2) is 24.0 Å². The van der Waals surface area contributed by atoms with Crippen molar-refractivity contribution < 1.29 is 0 Å². The lowest BCUT2D eigenvalue weighted by molar-refractivity contribution is 0.371. The Morgan fingerprint density at radius 2 is 1.96 bits per heavy atom. The van der Waals surface area contributed by atoms with Gasteiger partial charge in [0.1, 0.15) is 0 Å². The van der Waals surface area contributed by atoms with Gasteiger partial charge in [0, 0.05) is 18.5 Å². The molecule has 2 aromatic rings. The standard InChI is InChI=1S/C20H28N4S/c1-3-19-23-18(14-25-19)13-22-20(21-2)24-17-11-9-16(10-12-17)15-7-5-4-6-8-15/h4-8,14,16-17H,3,9-13H2,1-2H3,(H2,21,22,24). The molecule has 134 valence electrons. The van der Waals surface area contributed by atoms with E-state index in [1.165, 1.54) is 36.3 Å². The number of hydrogen-bond acceptors (Lipinski definition) is 3. The van der Waals surface area contributed by atoms with E-state index in [4.69, 9.17) is 0 Å². The molecule has 0 amide bonds. The third-order valence-corrected chi connectivity index (χ3v) is 5.94. The number of rotatable bonds is 5. The summed E-state index contributed by atoms with van der Waals surface area (Å²) < 4.78 is 0. The molecule has 5 heteroatoms. The van der Waals surface area contributed by atoms with Gasteiger partial charge in [-0.3, -0.25) is 4.99 Å². The quantitative estimate of drug-likeness (QED) is 0.626. The van der Waals surface area contributed by atoms with E-state index in [1.54, 1.807) is 11.3 Å². The van der Waals surface area contributed by atoms with E-state index in [0.717, 1.165) is 24.6 Å². The largest absolute Gasteiger partial charge is 0.354 e. The van der Waals surface area contributed by atoms with Crippen molar-refractivity contribution >= 4 is 17.3 Å². The molecule has 1 fully saturated rings. The maximum absolute atomic E-state index is 4.60. The minimum atomic E-state index is 0.507. The lowest BCUT2D eigenvalue weighted by Crippen LogP contribution is -2.44. The van der Waals surface area contributed by atoms with Crippen LogP contribution in [0, 0.1) is 0 Å². The Balaban J connectivity index is 1.45. The molecule has 0 atom stereocenters. The molecule has 2 N–H and O–H groups in total. The number of guanidine groups is 1. The molecule has 1 aromatic carbocycles. The SMILES string of the molecule is CCc1nc(CNC(=NC)NC2CCC(c3ccccc3)CC2)cs1. The summed E-state index contributed by atoms with van der Waals surface area (Å²) in [4.78, 5) is 8.97. The summed E-state index contributed by atoms with van der Waals surface area (Å²) in [6.45, 7) is 2.87. The predicted octanol–water partition coefficient (Wildman–Crippen LogP) is 4.10. The van der Waals surface area contributed by atoms with Crippen molar-refractivity contribution in [2.75, 3.05) is 7.05 Å². The van der Waals surface area contributed by atoms with Crippen LogP contribution in [0.15, 0.2) is 40.7 Å². The molecule has 0 bridgehead atoms. The zero-order chi connectivity index (χ0) is 17.5. The number of nitrogens with zero attached hydrogens (tertiary/aromatic N) is 2. The Kier molecular flexibility index (Phi) is 6.45. The molecule has 0 aliphatic heterocycles. The van der Waals surface area contributed by atoms with Gasteiger partial charge < -0.3 is 10.6 Å². The summed E-state index contributed by atoms with van der Waals surface area (Å²) >= 11 is 1.73. The highest BCUT2D eigenvalue weighted by molar-refractivity contribution is 7.09. The van der Waals surface area contributed by atoms with Gasteiger partial charge >= 0.3 is 0 Å². The number of aliphatic imine (C=N–C) groups is 1. The maximum Gasteiger partial charge on any atom is 0.191 e. The topological polar surface area (TPSA) is 49.3 Å². The van der Waals surface area contributed by atoms with Crippen molar-refractivity contribution in [1.82, 2.24) is 15.6 Å². The fourth-order valence-corrected chi connectivity index (χ4v) is 4.20. The van der Waals surface area contributed by atoms with Crippen LogP contribution in [0.2, 0.25) is 0 Å². The number of hydrogen-bond donors (Lipinski definition) is 2. The van der Waals surface area contributed by atoms with Crippen LogP contribution in [0.25, 0.3) is 0 Å². The highest BCUT2D eigenvalue weighted by Crippen LogP contribution is 2.32. The fraction of sp³-hybridized carbons (Fsp3) is 0.500. The van der Waals surface area contributed by atoms with Gasteiger partial charge in [-0.15, -0.1) is 11.3 Å². The van der Waals surface area contributed by atoms with E-state index in [2.05, 4.69) is 63.2 Å². The highest BCUT2D eigenvalue weighted by Gasteiger charge is 2.22. The second kappa shape index (κ2) is 8.99. The van der Waals surface area contributed by atoms with Crippen molar-refractivity contribution in [3.8, 4) is 0 Å². The van der Waals surface area contributed by atoms with Gasteiger partial charge in [0.05, 0.1) is 17.2 Å². The molecule has 0 saturated heterocycles. The van der Waals surface area contributed by atoms with Crippen LogP contribution in [0.1, 0.15) is 54.8 Å². The zero-order valence-electron chi connectivity index (χ0n) is 15.2. The normalized spacial score (nSPS) is 21.1. The number of aromatic nitrogens is 1. The average Bonchev–Trinajstić information content (AvgIpc) is 3.14. The van der Waals surface area contributed by atoms with Crippen LogP contribution >= 0.6 is 11.3 Å². The van der Waals surface area contributed by atoms with Crippen LogP contribution in [-0.2, 0) is 13.0 Å². The van der Waals surface area contributed by atoms with Gasteiger partial charge in [-0.2, -0.15) is 0 Å². The first-order valence-electron chi connectivity index (χ1n) is 9.24. The summed E-state index contributed by atoms with van der Waals surface area (Å²) in [5.41, 5.74) is 2.58. The molecule has 1 aliphatic rings. The lowest BCUT2D eigenvalue weighted by Gasteiger charge is -2.30. The van der Waals surface area contributed by atoms with Crippen molar-refractivity contribution in [3.05, 3.63) is 52.0 Å². The predicted molar refractivity (Wildman–Crippen MR) is 106 cm³/mol. The molecule has 0 radical (unpaired) electrons. The van der Waals surface area contributed by atoms with Crippen molar-refractivity contribution in [2.45, 2.75) is 57.5 Å². The molecular weight excluding hydrogens is 328 g/mol. The van der Waals surface area contributed by atoms with E-state index in [1.807, 2.05) is 7.05 Å². The number of benzene rings is 1. The Morgan fingerprint density at radius 3 is 2.60 bits per heavy atom. The van der Waals surface area contributed by atoms with Crippen molar-refractivity contribution in [1.29, 1.82) is 0 Å². The second-order valence-electron chi connectivity index (χ2n) is 6.62. The first-order valence-corrected chi connectivity index (χ1v) is 10.1. The molecule has 1 saturated carbocycles. The van der Waals surface area contributed by atoms with Crippen LogP contribution in [0.4, 0.5) is 0 Å². The second-order valence-corrected chi connectivity index (χ2v) is 7.56. The Labute approximate surface area is 154 Å². The van der Waals surface area contributed by atoms with E-state index in [0.29, 0.717) is 12.0 Å². The van der Waals surface area contributed by atoms with Crippen LogP contribution in [0.5, 0.6) is 0 Å². The van der Waals surface area contributed by atoms with Crippen molar-refractivity contribution in [2.24, 2.45) is 4.99 Å². The third kappa shape index (κ3) is 5.05. The van der Waals surface area contributed by atoms with Gasteiger partial charge in [-0.25, -0.2) is 4.98 Å². The molecule has 3 rings (SSSR count). The molecule has 0 spiro atoms. The Morgan fingerprint density at radius 1 is 1.20 bits per heavy atom. The highest BCUT2D eigenvalue weighted by atomic mass is 32.1. The third-order valence-electron chi connectivity index (χ3n) is 4.90. The molecule has 25 heavy (non-hydrogen) atoms. The molecule has 4 nitrogen and oxygen atoms in total. The zero-order valence-corrected chi connectivity index (χ0v) is 16.0. The van der Waals surface area contributed by atoms with E-state index in [9.17, 15) is 0 Å². The van der Waals surface area contributed by atoms with Gasteiger partial charge in [-0.05, 0) is 43.6 Å². The summed E-state index contributed by atoms with van der Waals surface area (Å²) in [6, 6.07) is 11.4. The van der Waals surface area contributed by atoms with E-state index >= 15 is 0 Å². The molecule has 0 unspecified atom stereocenters. The number of nitrogens with one attached hydrogen (secondary N) is 2. The minimum Gasteiger partial charge on any atom is -0.354 e. The summed E-state index contributed by atoms with van der Waals surface area (Å²) in [6.07, 6.45) is 5.87. The first-order chi connectivity index (χ1) is 12.3. The minimum absolute atomic E-state index is 0.507. The van der Waals surface area contributed by atoms with E-state index < -0.39 is 0 Å². The van der Waals surface area contributed by atoms with Gasteiger partial charge in [0.15, 0.2) is 5.96 Å². The number of aryl methyl sites for hydroxylation is 1. The van der Waals surface area contributed by atoms with Crippen LogP contribution < -0.4 is 10.6 Å². The number of thiazole rings is 1. The fourth-order valence-electron chi connectivity index (χ4n) is 3.45. The molecular formula is C20H28N4S. The maximum atomic E-state index is 4.60. The summed E-state index contributed by atoms with van der Waals surface area (Å²) in [5, 5.41) is 10.3. The van der Waals surface area contributed by atoms with Crippen LogP contribution in [0.3, 0.4) is 0 Å². The lowest BCUT2D eigenvalue weighted by atomic mass is 9.82. The average molecular weight is 357 g/mol. The van der Waals surface area contributed by atoms with Gasteiger partial charge in [0.25, 0.3) is 0 Å². The Bertz CT molecular complexity index is 672. The monoisotopic (exact) mass is 356 g/mol. The van der Waals surface area contributed by atoms with E-state index in [-0.39, 0.29) is 0 Å².